The van der Waals surface area contributed by atoms with Crippen molar-refractivity contribution < 1.29 is 14.0 Å². The standard InChI is InChI=1S/C15H14N2O3S/c18-14(10-1-3-20-8-10)16-5-11-6-17(12-2-4-21-9-12)15(19)13(11)7-16/h1-4,8-9,11,13H,5-7H2/t11-,13-/m1/s1. The molecule has 2 saturated heterocycles. The van der Waals surface area contributed by atoms with Crippen molar-refractivity contribution in [1.29, 1.82) is 0 Å². The minimum Gasteiger partial charge on any atom is -0.472 e. The number of furan rings is 1. The van der Waals surface area contributed by atoms with E-state index in [1.807, 2.05) is 21.7 Å². The first-order valence-corrected chi connectivity index (χ1v) is 7.83. The first-order valence-electron chi connectivity index (χ1n) is 6.89. The van der Waals surface area contributed by atoms with E-state index in [2.05, 4.69) is 0 Å². The second kappa shape index (κ2) is 4.73. The number of fused-ring (bicyclic) bond motifs is 1. The summed E-state index contributed by atoms with van der Waals surface area (Å²) in [6.45, 7) is 1.85. The minimum absolute atomic E-state index is 0.0481. The highest BCUT2D eigenvalue weighted by molar-refractivity contribution is 7.08. The molecule has 2 fully saturated rings. The number of thiophene rings is 1. The van der Waals surface area contributed by atoms with Crippen molar-refractivity contribution in [2.45, 2.75) is 0 Å². The molecule has 21 heavy (non-hydrogen) atoms. The van der Waals surface area contributed by atoms with E-state index in [1.165, 1.54) is 12.5 Å². The van der Waals surface area contributed by atoms with Crippen molar-refractivity contribution in [2.24, 2.45) is 11.8 Å². The smallest absolute Gasteiger partial charge is 0.257 e. The Morgan fingerprint density at radius 1 is 1.29 bits per heavy atom. The van der Waals surface area contributed by atoms with Gasteiger partial charge in [-0.2, -0.15) is 11.3 Å². The van der Waals surface area contributed by atoms with Gasteiger partial charge in [-0.3, -0.25) is 9.59 Å². The van der Waals surface area contributed by atoms with Crippen LogP contribution in [0.15, 0.2) is 39.8 Å². The molecule has 0 saturated carbocycles. The average molecular weight is 302 g/mol. The predicted molar refractivity (Wildman–Crippen MR) is 78.3 cm³/mol. The first-order chi connectivity index (χ1) is 10.2. The molecule has 0 aliphatic carbocycles. The van der Waals surface area contributed by atoms with Gasteiger partial charge in [0.25, 0.3) is 5.91 Å². The van der Waals surface area contributed by atoms with Crippen LogP contribution in [0.25, 0.3) is 0 Å². The molecule has 0 bridgehead atoms. The van der Waals surface area contributed by atoms with Crippen LogP contribution < -0.4 is 4.90 Å². The monoisotopic (exact) mass is 302 g/mol. The lowest BCUT2D eigenvalue weighted by Crippen LogP contribution is -2.35. The van der Waals surface area contributed by atoms with Crippen molar-refractivity contribution in [3.05, 3.63) is 41.0 Å². The third kappa shape index (κ3) is 1.98. The Kier molecular flexibility index (Phi) is 2.85. The van der Waals surface area contributed by atoms with Crippen LogP contribution in [0.4, 0.5) is 5.69 Å². The Balaban J connectivity index is 1.50. The topological polar surface area (TPSA) is 53.8 Å². The zero-order valence-corrected chi connectivity index (χ0v) is 12.1. The predicted octanol–water partition coefficient (Wildman–Crippen LogP) is 2.08. The van der Waals surface area contributed by atoms with E-state index >= 15 is 0 Å². The number of carbonyl (C=O) groups excluding carboxylic acids is 2. The third-order valence-electron chi connectivity index (χ3n) is 4.31. The van der Waals surface area contributed by atoms with E-state index in [-0.39, 0.29) is 23.7 Å². The van der Waals surface area contributed by atoms with Crippen molar-refractivity contribution in [2.75, 3.05) is 24.5 Å². The second-order valence-electron chi connectivity index (χ2n) is 5.52. The molecule has 0 radical (unpaired) electrons. The summed E-state index contributed by atoms with van der Waals surface area (Å²) in [4.78, 5) is 28.4. The molecule has 2 aliphatic heterocycles. The molecule has 2 aromatic rings. The lowest BCUT2D eigenvalue weighted by Gasteiger charge is -2.20. The first kappa shape index (κ1) is 12.6. The quantitative estimate of drug-likeness (QED) is 0.853. The van der Waals surface area contributed by atoms with Gasteiger partial charge in [0, 0.05) is 30.9 Å². The summed E-state index contributed by atoms with van der Waals surface area (Å²) in [5, 5.41) is 3.97. The van der Waals surface area contributed by atoms with Crippen LogP contribution in [0.1, 0.15) is 10.4 Å². The lowest BCUT2D eigenvalue weighted by molar-refractivity contribution is -0.120. The van der Waals surface area contributed by atoms with Gasteiger partial charge in [0.15, 0.2) is 0 Å². The zero-order valence-electron chi connectivity index (χ0n) is 11.3. The van der Waals surface area contributed by atoms with Gasteiger partial charge < -0.3 is 14.2 Å². The zero-order chi connectivity index (χ0) is 14.4. The number of amides is 2. The summed E-state index contributed by atoms with van der Waals surface area (Å²) in [6, 6.07) is 3.63. The number of hydrogen-bond donors (Lipinski definition) is 0. The number of likely N-dealkylation sites (tertiary alicyclic amines) is 1. The maximum absolute atomic E-state index is 12.5. The molecule has 4 heterocycles. The minimum atomic E-state index is -0.0687. The average Bonchev–Trinajstić information content (AvgIpc) is 3.25. The van der Waals surface area contributed by atoms with Crippen LogP contribution in [0.3, 0.4) is 0 Å². The molecule has 5 nitrogen and oxygen atoms in total. The molecule has 0 unspecified atom stereocenters. The molecule has 2 atom stereocenters. The molecule has 2 aromatic heterocycles. The van der Waals surface area contributed by atoms with Gasteiger partial charge in [-0.25, -0.2) is 0 Å². The number of hydrogen-bond acceptors (Lipinski definition) is 4. The SMILES string of the molecule is O=C(c1ccoc1)N1C[C@@H]2CN(c3ccsc3)C(=O)[C@@H]2C1. The highest BCUT2D eigenvalue weighted by Crippen LogP contribution is 2.36. The van der Waals surface area contributed by atoms with Gasteiger partial charge in [-0.15, -0.1) is 0 Å². The van der Waals surface area contributed by atoms with Crippen molar-refractivity contribution in [1.82, 2.24) is 4.90 Å². The highest BCUT2D eigenvalue weighted by Gasteiger charge is 2.47. The summed E-state index contributed by atoms with van der Waals surface area (Å²) in [5.41, 5.74) is 1.53. The van der Waals surface area contributed by atoms with Crippen molar-refractivity contribution in [3.8, 4) is 0 Å². The van der Waals surface area contributed by atoms with Crippen molar-refractivity contribution >= 4 is 28.8 Å². The largest absolute Gasteiger partial charge is 0.472 e. The Morgan fingerprint density at radius 3 is 2.86 bits per heavy atom. The van der Waals surface area contributed by atoms with Gasteiger partial charge in [0.2, 0.25) is 5.91 Å². The second-order valence-corrected chi connectivity index (χ2v) is 6.30. The van der Waals surface area contributed by atoms with Crippen LogP contribution in [0.5, 0.6) is 0 Å². The lowest BCUT2D eigenvalue weighted by atomic mass is 10.0. The van der Waals surface area contributed by atoms with Gasteiger partial charge in [-0.1, -0.05) is 0 Å². The molecular weight excluding hydrogens is 288 g/mol. The maximum atomic E-state index is 12.5. The Labute approximate surface area is 125 Å². The summed E-state index contributed by atoms with van der Waals surface area (Å²) in [7, 11) is 0. The fourth-order valence-corrected chi connectivity index (χ4v) is 3.88. The molecule has 4 rings (SSSR count). The fraction of sp³-hybridized carbons (Fsp3) is 0.333. The van der Waals surface area contributed by atoms with Crippen LogP contribution in [0, 0.1) is 11.8 Å². The number of rotatable bonds is 2. The fourth-order valence-electron chi connectivity index (χ4n) is 3.24. The maximum Gasteiger partial charge on any atom is 0.257 e. The van der Waals surface area contributed by atoms with Crippen molar-refractivity contribution in [3.63, 3.8) is 0 Å². The molecule has 0 spiro atoms. The van der Waals surface area contributed by atoms with Crippen LogP contribution in [-0.2, 0) is 4.79 Å². The van der Waals surface area contributed by atoms with Crippen LogP contribution in [-0.4, -0.2) is 36.3 Å². The van der Waals surface area contributed by atoms with E-state index < -0.39 is 0 Å². The number of carbonyl (C=O) groups is 2. The van der Waals surface area contributed by atoms with E-state index in [9.17, 15) is 9.59 Å². The summed E-state index contributed by atoms with van der Waals surface area (Å²) in [5.74, 6) is 0.253. The van der Waals surface area contributed by atoms with Gasteiger partial charge in [0.1, 0.15) is 6.26 Å². The summed E-state index contributed by atoms with van der Waals surface area (Å²) in [6.07, 6.45) is 2.95. The van der Waals surface area contributed by atoms with Crippen LogP contribution >= 0.6 is 11.3 Å². The summed E-state index contributed by atoms with van der Waals surface area (Å²) < 4.78 is 4.95. The molecular formula is C15H14N2O3S. The van der Waals surface area contributed by atoms with E-state index in [0.29, 0.717) is 25.2 Å². The van der Waals surface area contributed by atoms with Crippen LogP contribution in [0.2, 0.25) is 0 Å². The van der Waals surface area contributed by atoms with E-state index in [0.717, 1.165) is 5.69 Å². The van der Waals surface area contributed by atoms with Gasteiger partial charge in [0.05, 0.1) is 23.4 Å². The number of nitrogens with zero attached hydrogens (tertiary/aromatic N) is 2. The van der Waals surface area contributed by atoms with Gasteiger partial charge in [-0.05, 0) is 17.5 Å². The molecule has 0 aromatic carbocycles. The van der Waals surface area contributed by atoms with E-state index in [4.69, 9.17) is 4.42 Å². The normalized spacial score (nSPS) is 24.7. The Hall–Kier alpha value is -2.08. The summed E-state index contributed by atoms with van der Waals surface area (Å²) >= 11 is 1.59. The molecule has 6 heteroatoms. The number of anilines is 1. The highest BCUT2D eigenvalue weighted by atomic mass is 32.1. The molecule has 2 amide bonds. The Morgan fingerprint density at radius 2 is 2.19 bits per heavy atom. The molecule has 2 aliphatic rings. The Bertz CT molecular complexity index is 665. The third-order valence-corrected chi connectivity index (χ3v) is 4.99. The van der Waals surface area contributed by atoms with Gasteiger partial charge >= 0.3 is 0 Å². The van der Waals surface area contributed by atoms with E-state index in [1.54, 1.807) is 22.3 Å². The molecule has 0 N–H and O–H groups in total. The molecule has 108 valence electrons.